The smallest absolute Gasteiger partial charge is 0.222 e. The van der Waals surface area contributed by atoms with Crippen LogP contribution in [-0.2, 0) is 20.4 Å². The Morgan fingerprint density at radius 1 is 1.07 bits per heavy atom. The summed E-state index contributed by atoms with van der Waals surface area (Å²) in [4.78, 5) is 19.3. The molecule has 2 aromatic heterocycles. The lowest BCUT2D eigenvalue weighted by atomic mass is 10.1. The zero-order valence-electron chi connectivity index (χ0n) is 16.2. The normalized spacial score (nSPS) is 11.3. The second kappa shape index (κ2) is 8.08. The van der Waals surface area contributed by atoms with Crippen molar-refractivity contribution in [2.24, 2.45) is 0 Å². The zero-order chi connectivity index (χ0) is 21.2. The monoisotopic (exact) mass is 413 g/mol. The maximum Gasteiger partial charge on any atom is 0.222 e. The van der Waals surface area contributed by atoms with Crippen molar-refractivity contribution in [2.45, 2.75) is 31.4 Å². The standard InChI is InChI=1S/C21H20FN3O3S/c1-13-4-5-19(22)20(8-13)29(27,28)12-18-9-17(11-24-14(18)2)16-6-7-23-21(10-16)25-15(3)26/h4-11H,12H2,1-3H3,(H,23,25,26). The van der Waals surface area contributed by atoms with Gasteiger partial charge in [-0.05, 0) is 60.9 Å². The Balaban J connectivity index is 1.98. The number of nitrogens with zero attached hydrogens (tertiary/aromatic N) is 2. The summed E-state index contributed by atoms with van der Waals surface area (Å²) < 4.78 is 39.8. The number of halogens is 1. The molecule has 0 bridgehead atoms. The Hall–Kier alpha value is -3.13. The Bertz CT molecular complexity index is 1190. The number of amides is 1. The van der Waals surface area contributed by atoms with E-state index in [4.69, 9.17) is 0 Å². The van der Waals surface area contributed by atoms with Crippen LogP contribution in [0.1, 0.15) is 23.7 Å². The van der Waals surface area contributed by atoms with Crippen LogP contribution in [-0.4, -0.2) is 24.3 Å². The van der Waals surface area contributed by atoms with Crippen LogP contribution < -0.4 is 5.32 Å². The molecular formula is C21H20FN3O3S. The largest absolute Gasteiger partial charge is 0.311 e. The Morgan fingerprint density at radius 2 is 1.83 bits per heavy atom. The highest BCUT2D eigenvalue weighted by Gasteiger charge is 2.21. The molecule has 0 saturated heterocycles. The predicted molar refractivity (Wildman–Crippen MR) is 109 cm³/mol. The van der Waals surface area contributed by atoms with E-state index < -0.39 is 15.7 Å². The van der Waals surface area contributed by atoms with Gasteiger partial charge in [-0.25, -0.2) is 17.8 Å². The summed E-state index contributed by atoms with van der Waals surface area (Å²) in [7, 11) is -3.90. The third-order valence-corrected chi connectivity index (χ3v) is 6.03. The van der Waals surface area contributed by atoms with Crippen molar-refractivity contribution in [2.75, 3.05) is 5.32 Å². The number of pyridine rings is 2. The molecule has 0 aliphatic heterocycles. The number of nitrogens with one attached hydrogen (secondary N) is 1. The van der Waals surface area contributed by atoms with E-state index >= 15 is 0 Å². The number of hydrogen-bond acceptors (Lipinski definition) is 5. The second-order valence-electron chi connectivity index (χ2n) is 6.77. The number of carbonyl (C=O) groups is 1. The molecule has 0 aliphatic carbocycles. The number of aryl methyl sites for hydroxylation is 2. The van der Waals surface area contributed by atoms with Crippen LogP contribution in [0.4, 0.5) is 10.2 Å². The van der Waals surface area contributed by atoms with Crippen molar-refractivity contribution in [1.29, 1.82) is 0 Å². The molecule has 1 amide bonds. The number of sulfone groups is 1. The highest BCUT2D eigenvalue weighted by atomic mass is 32.2. The summed E-state index contributed by atoms with van der Waals surface area (Å²) in [5.74, 6) is -1.01. The molecule has 1 N–H and O–H groups in total. The first kappa shape index (κ1) is 20.6. The zero-order valence-corrected chi connectivity index (χ0v) is 17.0. The lowest BCUT2D eigenvalue weighted by molar-refractivity contribution is -0.114. The van der Waals surface area contributed by atoms with Crippen LogP contribution in [0.3, 0.4) is 0 Å². The molecule has 3 rings (SSSR count). The van der Waals surface area contributed by atoms with E-state index in [-0.39, 0.29) is 16.6 Å². The van der Waals surface area contributed by atoms with Crippen molar-refractivity contribution in [3.8, 4) is 11.1 Å². The number of rotatable bonds is 5. The summed E-state index contributed by atoms with van der Waals surface area (Å²) >= 11 is 0. The van der Waals surface area contributed by atoms with Crippen molar-refractivity contribution >= 4 is 21.6 Å². The third kappa shape index (κ3) is 4.83. The van der Waals surface area contributed by atoms with Crippen LogP contribution in [0.5, 0.6) is 0 Å². The molecule has 0 saturated carbocycles. The van der Waals surface area contributed by atoms with E-state index in [9.17, 15) is 17.6 Å². The molecule has 3 aromatic rings. The minimum Gasteiger partial charge on any atom is -0.311 e. The molecule has 8 heteroatoms. The van der Waals surface area contributed by atoms with Crippen LogP contribution in [0.2, 0.25) is 0 Å². The Labute approximate surface area is 168 Å². The van der Waals surface area contributed by atoms with Crippen LogP contribution >= 0.6 is 0 Å². The Morgan fingerprint density at radius 3 is 2.55 bits per heavy atom. The number of aromatic nitrogens is 2. The molecule has 0 aliphatic rings. The molecule has 6 nitrogen and oxygen atoms in total. The van der Waals surface area contributed by atoms with E-state index in [0.29, 0.717) is 28.2 Å². The summed E-state index contributed by atoms with van der Waals surface area (Å²) in [5, 5.41) is 2.60. The molecule has 0 radical (unpaired) electrons. The Kier molecular flexibility index (Phi) is 5.74. The summed E-state index contributed by atoms with van der Waals surface area (Å²) in [6.45, 7) is 4.80. The fraction of sp³-hybridized carbons (Fsp3) is 0.190. The number of carbonyl (C=O) groups excluding carboxylic acids is 1. The van der Waals surface area contributed by atoms with Crippen molar-refractivity contribution in [3.05, 3.63) is 71.4 Å². The average molecular weight is 413 g/mol. The lowest BCUT2D eigenvalue weighted by Crippen LogP contribution is -2.09. The minimum absolute atomic E-state index is 0.247. The van der Waals surface area contributed by atoms with Crippen molar-refractivity contribution < 1.29 is 17.6 Å². The van der Waals surface area contributed by atoms with Gasteiger partial charge in [0.05, 0.1) is 5.75 Å². The van der Waals surface area contributed by atoms with E-state index in [1.54, 1.807) is 44.4 Å². The van der Waals surface area contributed by atoms with Gasteiger partial charge in [0, 0.05) is 30.6 Å². The molecule has 0 spiro atoms. The molecule has 1 aromatic carbocycles. The van der Waals surface area contributed by atoms with Crippen LogP contribution in [0.25, 0.3) is 11.1 Å². The quantitative estimate of drug-likeness (QED) is 0.687. The highest BCUT2D eigenvalue weighted by molar-refractivity contribution is 7.90. The fourth-order valence-corrected chi connectivity index (χ4v) is 4.46. The van der Waals surface area contributed by atoms with Crippen LogP contribution in [0, 0.1) is 19.7 Å². The van der Waals surface area contributed by atoms with E-state index in [1.165, 1.54) is 19.1 Å². The first-order valence-corrected chi connectivity index (χ1v) is 10.5. The van der Waals surface area contributed by atoms with Gasteiger partial charge in [0.1, 0.15) is 16.5 Å². The summed E-state index contributed by atoms with van der Waals surface area (Å²) in [6, 6.07) is 9.13. The maximum absolute atomic E-state index is 14.1. The van der Waals surface area contributed by atoms with Gasteiger partial charge in [-0.2, -0.15) is 0 Å². The number of benzene rings is 1. The molecule has 0 atom stereocenters. The lowest BCUT2D eigenvalue weighted by Gasteiger charge is -2.11. The fourth-order valence-electron chi connectivity index (χ4n) is 2.87. The SMILES string of the molecule is CC(=O)Nc1cc(-c2cnc(C)c(CS(=O)(=O)c3cc(C)ccc3F)c2)ccn1. The van der Waals surface area contributed by atoms with Gasteiger partial charge in [-0.1, -0.05) is 6.07 Å². The summed E-state index contributed by atoms with van der Waals surface area (Å²) in [6.07, 6.45) is 3.16. The van der Waals surface area contributed by atoms with Gasteiger partial charge in [0.15, 0.2) is 9.84 Å². The second-order valence-corrected chi connectivity index (χ2v) is 8.73. The maximum atomic E-state index is 14.1. The predicted octanol–water partition coefficient (Wildman–Crippen LogP) is 3.83. The minimum atomic E-state index is -3.90. The topological polar surface area (TPSA) is 89.0 Å². The van der Waals surface area contributed by atoms with Gasteiger partial charge in [-0.3, -0.25) is 9.78 Å². The van der Waals surface area contributed by atoms with Gasteiger partial charge in [0.25, 0.3) is 0 Å². The molecular weight excluding hydrogens is 393 g/mol. The van der Waals surface area contributed by atoms with Gasteiger partial charge >= 0.3 is 0 Å². The van der Waals surface area contributed by atoms with Gasteiger partial charge in [-0.15, -0.1) is 0 Å². The van der Waals surface area contributed by atoms with E-state index in [2.05, 4.69) is 15.3 Å². The summed E-state index contributed by atoms with van der Waals surface area (Å²) in [5.41, 5.74) is 3.06. The van der Waals surface area contributed by atoms with E-state index in [0.717, 1.165) is 11.6 Å². The van der Waals surface area contributed by atoms with Crippen LogP contribution in [0.15, 0.2) is 53.7 Å². The van der Waals surface area contributed by atoms with Gasteiger partial charge in [0.2, 0.25) is 5.91 Å². The highest BCUT2D eigenvalue weighted by Crippen LogP contribution is 2.26. The van der Waals surface area contributed by atoms with Gasteiger partial charge < -0.3 is 5.32 Å². The average Bonchev–Trinajstić information content (AvgIpc) is 2.65. The van der Waals surface area contributed by atoms with Crippen molar-refractivity contribution in [1.82, 2.24) is 9.97 Å². The molecule has 0 unspecified atom stereocenters. The first-order chi connectivity index (χ1) is 13.7. The molecule has 150 valence electrons. The van der Waals surface area contributed by atoms with Crippen molar-refractivity contribution in [3.63, 3.8) is 0 Å². The molecule has 0 fully saturated rings. The molecule has 29 heavy (non-hydrogen) atoms. The first-order valence-electron chi connectivity index (χ1n) is 8.84. The third-order valence-electron chi connectivity index (χ3n) is 4.36. The number of anilines is 1. The van der Waals surface area contributed by atoms with E-state index in [1.807, 2.05) is 0 Å². The number of hydrogen-bond donors (Lipinski definition) is 1. The molecule has 2 heterocycles.